The van der Waals surface area contributed by atoms with Crippen LogP contribution in [0.5, 0.6) is 0 Å². The zero-order valence-corrected chi connectivity index (χ0v) is 9.45. The van der Waals surface area contributed by atoms with Crippen LogP contribution in [0.2, 0.25) is 0 Å². The van der Waals surface area contributed by atoms with Crippen molar-refractivity contribution < 1.29 is 0 Å². The highest BCUT2D eigenvalue weighted by Crippen LogP contribution is 2.30. The molecule has 1 aromatic heterocycles. The van der Waals surface area contributed by atoms with Crippen LogP contribution in [0.25, 0.3) is 10.1 Å². The molecule has 0 bridgehead atoms. The molecule has 14 heavy (non-hydrogen) atoms. The largest absolute Gasteiger partial charge is 0.319 e. The van der Waals surface area contributed by atoms with Gasteiger partial charge in [0.25, 0.3) is 0 Å². The second-order valence-electron chi connectivity index (χ2n) is 3.50. The molecular formula is C12H15NS. The summed E-state index contributed by atoms with van der Waals surface area (Å²) in [4.78, 5) is 1.51. The third kappa shape index (κ3) is 1.68. The van der Waals surface area contributed by atoms with Crippen LogP contribution < -0.4 is 5.32 Å². The summed E-state index contributed by atoms with van der Waals surface area (Å²) in [7, 11) is 2.00. The minimum atomic E-state index is 1.06. The molecule has 0 unspecified atom stereocenters. The van der Waals surface area contributed by atoms with Gasteiger partial charge in [-0.05, 0) is 44.0 Å². The van der Waals surface area contributed by atoms with Crippen LogP contribution in [0.1, 0.15) is 10.4 Å². The quantitative estimate of drug-likeness (QED) is 0.812. The van der Waals surface area contributed by atoms with Crippen molar-refractivity contribution in [3.05, 3.63) is 34.7 Å². The van der Waals surface area contributed by atoms with Crippen molar-refractivity contribution in [3.63, 3.8) is 0 Å². The van der Waals surface area contributed by atoms with Crippen LogP contribution in [-0.4, -0.2) is 13.6 Å². The summed E-state index contributed by atoms with van der Waals surface area (Å²) >= 11 is 1.92. The van der Waals surface area contributed by atoms with Crippen LogP contribution in [0.4, 0.5) is 0 Å². The van der Waals surface area contributed by atoms with Gasteiger partial charge in [-0.1, -0.05) is 18.2 Å². The maximum absolute atomic E-state index is 3.19. The van der Waals surface area contributed by atoms with E-state index in [-0.39, 0.29) is 0 Å². The van der Waals surface area contributed by atoms with E-state index in [2.05, 4.69) is 36.5 Å². The van der Waals surface area contributed by atoms with Gasteiger partial charge in [0.05, 0.1) is 0 Å². The lowest BCUT2D eigenvalue weighted by Gasteiger charge is -1.97. The number of hydrogen-bond acceptors (Lipinski definition) is 2. The normalized spacial score (nSPS) is 11.0. The number of fused-ring (bicyclic) bond motifs is 1. The number of thiophene rings is 1. The van der Waals surface area contributed by atoms with Gasteiger partial charge < -0.3 is 5.32 Å². The van der Waals surface area contributed by atoms with Gasteiger partial charge in [0.1, 0.15) is 0 Å². The summed E-state index contributed by atoms with van der Waals surface area (Å²) < 4.78 is 1.41. The number of benzene rings is 1. The van der Waals surface area contributed by atoms with Gasteiger partial charge in [-0.25, -0.2) is 0 Å². The van der Waals surface area contributed by atoms with E-state index in [4.69, 9.17) is 0 Å². The van der Waals surface area contributed by atoms with Crippen LogP contribution in [0, 0.1) is 6.92 Å². The maximum Gasteiger partial charge on any atom is 0.0348 e. The maximum atomic E-state index is 3.19. The molecule has 1 aromatic carbocycles. The van der Waals surface area contributed by atoms with Gasteiger partial charge >= 0.3 is 0 Å². The Bertz CT molecular complexity index is 431. The highest BCUT2D eigenvalue weighted by molar-refractivity contribution is 7.19. The standard InChI is InChI=1S/C12H15NS/c1-9-10-5-3-4-6-12(10)14-11(9)7-8-13-2/h3-6,13H,7-8H2,1-2H3. The van der Waals surface area contributed by atoms with Crippen molar-refractivity contribution >= 4 is 21.4 Å². The first-order valence-electron chi connectivity index (χ1n) is 4.94. The summed E-state index contributed by atoms with van der Waals surface area (Å²) in [5.41, 5.74) is 1.46. The molecule has 0 saturated heterocycles. The van der Waals surface area contributed by atoms with Crippen LogP contribution in [-0.2, 0) is 6.42 Å². The summed E-state index contributed by atoms with van der Waals surface area (Å²) in [6.45, 7) is 3.29. The lowest BCUT2D eigenvalue weighted by Crippen LogP contribution is -2.09. The van der Waals surface area contributed by atoms with E-state index in [1.54, 1.807) is 0 Å². The molecule has 2 rings (SSSR count). The van der Waals surface area contributed by atoms with Gasteiger partial charge in [-0.2, -0.15) is 0 Å². The summed E-state index contributed by atoms with van der Waals surface area (Å²) in [6, 6.07) is 8.64. The van der Waals surface area contributed by atoms with Crippen LogP contribution in [0.15, 0.2) is 24.3 Å². The van der Waals surface area contributed by atoms with Crippen molar-refractivity contribution in [2.45, 2.75) is 13.3 Å². The van der Waals surface area contributed by atoms with Gasteiger partial charge in [-0.3, -0.25) is 0 Å². The molecule has 74 valence electrons. The van der Waals surface area contributed by atoms with E-state index in [0.717, 1.165) is 13.0 Å². The fraction of sp³-hybridized carbons (Fsp3) is 0.333. The first-order valence-corrected chi connectivity index (χ1v) is 5.76. The van der Waals surface area contributed by atoms with Crippen LogP contribution >= 0.6 is 11.3 Å². The molecule has 2 heteroatoms. The predicted octanol–water partition coefficient (Wildman–Crippen LogP) is 2.97. The average molecular weight is 205 g/mol. The molecule has 0 aliphatic rings. The third-order valence-corrected chi connectivity index (χ3v) is 3.88. The van der Waals surface area contributed by atoms with Gasteiger partial charge in [-0.15, -0.1) is 11.3 Å². The molecule has 1 heterocycles. The van der Waals surface area contributed by atoms with Crippen molar-refractivity contribution in [1.29, 1.82) is 0 Å². The highest BCUT2D eigenvalue weighted by Gasteiger charge is 2.06. The van der Waals surface area contributed by atoms with Crippen molar-refractivity contribution in [2.75, 3.05) is 13.6 Å². The average Bonchev–Trinajstić information content (AvgIpc) is 2.54. The van der Waals surface area contributed by atoms with Crippen molar-refractivity contribution in [2.24, 2.45) is 0 Å². The minimum absolute atomic E-state index is 1.06. The lowest BCUT2D eigenvalue weighted by atomic mass is 10.1. The monoisotopic (exact) mass is 205 g/mol. The highest BCUT2D eigenvalue weighted by atomic mass is 32.1. The number of aryl methyl sites for hydroxylation is 1. The SMILES string of the molecule is CNCCc1sc2ccccc2c1C. The van der Waals surface area contributed by atoms with Gasteiger partial charge in [0, 0.05) is 9.58 Å². The molecule has 0 amide bonds. The summed E-state index contributed by atoms with van der Waals surface area (Å²) in [5, 5.41) is 4.61. The number of hydrogen-bond donors (Lipinski definition) is 1. The predicted molar refractivity (Wildman–Crippen MR) is 64.2 cm³/mol. The van der Waals surface area contributed by atoms with E-state index < -0.39 is 0 Å². The Labute approximate surface area is 88.8 Å². The topological polar surface area (TPSA) is 12.0 Å². The Kier molecular flexibility index (Phi) is 2.85. The lowest BCUT2D eigenvalue weighted by molar-refractivity contribution is 0.797. The molecule has 0 spiro atoms. The zero-order valence-electron chi connectivity index (χ0n) is 8.63. The Hall–Kier alpha value is -0.860. The second-order valence-corrected chi connectivity index (χ2v) is 4.64. The second kappa shape index (κ2) is 4.11. The fourth-order valence-electron chi connectivity index (χ4n) is 1.70. The number of rotatable bonds is 3. The molecule has 1 nitrogen and oxygen atoms in total. The Morgan fingerprint density at radius 3 is 2.79 bits per heavy atom. The first-order chi connectivity index (χ1) is 6.83. The van der Waals surface area contributed by atoms with Crippen molar-refractivity contribution in [1.82, 2.24) is 5.32 Å². The van der Waals surface area contributed by atoms with E-state index >= 15 is 0 Å². The van der Waals surface area contributed by atoms with E-state index in [1.165, 1.54) is 20.5 Å². The molecule has 0 aliphatic carbocycles. The Morgan fingerprint density at radius 2 is 2.07 bits per heavy atom. The van der Waals surface area contributed by atoms with Crippen molar-refractivity contribution in [3.8, 4) is 0 Å². The summed E-state index contributed by atoms with van der Waals surface area (Å²) in [6.07, 6.45) is 1.14. The third-order valence-electron chi connectivity index (χ3n) is 2.54. The molecule has 0 radical (unpaired) electrons. The molecular weight excluding hydrogens is 190 g/mol. The summed E-state index contributed by atoms with van der Waals surface area (Å²) in [5.74, 6) is 0. The molecule has 2 aromatic rings. The van der Waals surface area contributed by atoms with E-state index in [9.17, 15) is 0 Å². The fourth-order valence-corrected chi connectivity index (χ4v) is 2.91. The minimum Gasteiger partial charge on any atom is -0.319 e. The smallest absolute Gasteiger partial charge is 0.0348 e. The first kappa shape index (κ1) is 9.69. The molecule has 0 saturated carbocycles. The zero-order chi connectivity index (χ0) is 9.97. The van der Waals surface area contributed by atoms with Gasteiger partial charge in [0.15, 0.2) is 0 Å². The number of likely N-dealkylation sites (N-methyl/N-ethyl adjacent to an activating group) is 1. The van der Waals surface area contributed by atoms with Crippen LogP contribution in [0.3, 0.4) is 0 Å². The molecule has 1 N–H and O–H groups in total. The molecule has 0 atom stereocenters. The Morgan fingerprint density at radius 1 is 1.29 bits per heavy atom. The van der Waals surface area contributed by atoms with E-state index in [0.29, 0.717) is 0 Å². The van der Waals surface area contributed by atoms with E-state index in [1.807, 2.05) is 18.4 Å². The molecule has 0 fully saturated rings. The number of nitrogens with one attached hydrogen (secondary N) is 1. The molecule has 0 aliphatic heterocycles. The van der Waals surface area contributed by atoms with Gasteiger partial charge in [0.2, 0.25) is 0 Å². The Balaban J connectivity index is 2.41.